The van der Waals surface area contributed by atoms with Crippen LogP contribution in [0.15, 0.2) is 95.4 Å². The number of nitrogens with zero attached hydrogens (tertiary/aromatic N) is 2. The fourth-order valence-electron chi connectivity index (χ4n) is 4.21. The van der Waals surface area contributed by atoms with Crippen LogP contribution in [0.3, 0.4) is 0 Å². The second-order valence-electron chi connectivity index (χ2n) is 7.79. The van der Waals surface area contributed by atoms with Gasteiger partial charge in [0, 0.05) is 31.6 Å². The Hall–Kier alpha value is -3.37. The summed E-state index contributed by atoms with van der Waals surface area (Å²) in [5.74, 6) is 0.815. The van der Waals surface area contributed by atoms with Crippen molar-refractivity contribution in [3.63, 3.8) is 0 Å². The maximum atomic E-state index is 13.6. The maximum Gasteiger partial charge on any atom is 0.248 e. The molecule has 0 N–H and O–H groups in total. The number of para-hydroxylation sites is 1. The Balaban J connectivity index is 1.47. The Bertz CT molecular complexity index is 1100. The van der Waals surface area contributed by atoms with Gasteiger partial charge in [0.1, 0.15) is 17.4 Å². The summed E-state index contributed by atoms with van der Waals surface area (Å²) in [5.41, 5.74) is 3.16. The summed E-state index contributed by atoms with van der Waals surface area (Å²) in [4.78, 5) is 17.8. The predicted octanol–water partition coefficient (Wildman–Crippen LogP) is 5.02. The van der Waals surface area contributed by atoms with Gasteiger partial charge in [-0.05, 0) is 23.3 Å². The van der Waals surface area contributed by atoms with E-state index in [4.69, 9.17) is 4.42 Å². The van der Waals surface area contributed by atoms with Crippen LogP contribution in [0, 0.1) is 0 Å². The fraction of sp³-hybridized carbons (Fsp3) is 0.192. The van der Waals surface area contributed by atoms with Crippen LogP contribution in [-0.2, 0) is 17.9 Å². The quantitative estimate of drug-likeness (QED) is 0.475. The summed E-state index contributed by atoms with van der Waals surface area (Å²) in [6.45, 7) is 2.84. The predicted molar refractivity (Wildman–Crippen MR) is 118 cm³/mol. The minimum Gasteiger partial charge on any atom is -0.459 e. The molecule has 1 aromatic heterocycles. The molecule has 1 amide bonds. The molecule has 1 unspecified atom stereocenters. The molecule has 150 valence electrons. The Labute approximate surface area is 176 Å². The molecule has 0 bridgehead atoms. The molecule has 1 aliphatic rings. The van der Waals surface area contributed by atoms with Crippen molar-refractivity contribution >= 4 is 16.9 Å². The van der Waals surface area contributed by atoms with E-state index in [1.165, 1.54) is 5.56 Å². The first kappa shape index (κ1) is 18.6. The van der Waals surface area contributed by atoms with Crippen LogP contribution in [0.1, 0.15) is 22.9 Å². The summed E-state index contributed by atoms with van der Waals surface area (Å²) >= 11 is 0. The first-order chi connectivity index (χ1) is 14.8. The van der Waals surface area contributed by atoms with Crippen LogP contribution in [0.2, 0.25) is 0 Å². The van der Waals surface area contributed by atoms with Crippen molar-refractivity contribution in [1.82, 2.24) is 9.80 Å². The average Bonchev–Trinajstić information content (AvgIpc) is 3.21. The molecular formula is C26H24N2O2. The van der Waals surface area contributed by atoms with Crippen LogP contribution >= 0.6 is 0 Å². The standard InChI is InChI=1S/C26H24N2O2/c29-26-25(24-17-22-13-7-8-14-23(22)30-24)27(18-20-9-3-1-4-10-20)15-16-28(26)19-21-11-5-2-6-12-21/h1-14,17,25H,15-16,18-19H2. The van der Waals surface area contributed by atoms with Gasteiger partial charge in [-0.2, -0.15) is 0 Å². The van der Waals surface area contributed by atoms with Gasteiger partial charge in [0.2, 0.25) is 5.91 Å². The Kier molecular flexibility index (Phi) is 5.08. The highest BCUT2D eigenvalue weighted by Gasteiger charge is 2.38. The molecule has 4 nitrogen and oxygen atoms in total. The van der Waals surface area contributed by atoms with Gasteiger partial charge in [-0.25, -0.2) is 0 Å². The second kappa shape index (κ2) is 8.17. The molecule has 5 rings (SSSR count). The van der Waals surface area contributed by atoms with Crippen LogP contribution in [-0.4, -0.2) is 28.8 Å². The monoisotopic (exact) mass is 396 g/mol. The summed E-state index contributed by atoms with van der Waals surface area (Å²) in [5, 5.41) is 1.03. The minimum atomic E-state index is -0.421. The Morgan fingerprint density at radius 1 is 0.767 bits per heavy atom. The third kappa shape index (κ3) is 3.74. The van der Waals surface area contributed by atoms with Gasteiger partial charge in [0.25, 0.3) is 0 Å². The normalized spacial score (nSPS) is 17.5. The van der Waals surface area contributed by atoms with E-state index < -0.39 is 6.04 Å². The third-order valence-corrected chi connectivity index (χ3v) is 5.73. The van der Waals surface area contributed by atoms with Crippen LogP contribution in [0.5, 0.6) is 0 Å². The third-order valence-electron chi connectivity index (χ3n) is 5.73. The van der Waals surface area contributed by atoms with Gasteiger partial charge in [-0.1, -0.05) is 78.9 Å². The molecule has 0 saturated carbocycles. The average molecular weight is 396 g/mol. The molecule has 1 aliphatic heterocycles. The molecule has 30 heavy (non-hydrogen) atoms. The number of hydrogen-bond donors (Lipinski definition) is 0. The van der Waals surface area contributed by atoms with Gasteiger partial charge in [0.15, 0.2) is 0 Å². The van der Waals surface area contributed by atoms with Crippen molar-refractivity contribution < 1.29 is 9.21 Å². The SMILES string of the molecule is O=C1C(c2cc3ccccc3o2)N(Cc2ccccc2)CCN1Cc1ccccc1. The van der Waals surface area contributed by atoms with Crippen molar-refractivity contribution in [3.05, 3.63) is 108 Å². The lowest BCUT2D eigenvalue weighted by atomic mass is 10.0. The van der Waals surface area contributed by atoms with Crippen molar-refractivity contribution in [2.45, 2.75) is 19.1 Å². The largest absolute Gasteiger partial charge is 0.459 e. The smallest absolute Gasteiger partial charge is 0.248 e. The molecule has 1 saturated heterocycles. The molecule has 4 heteroatoms. The van der Waals surface area contributed by atoms with E-state index in [2.05, 4.69) is 29.2 Å². The van der Waals surface area contributed by atoms with Gasteiger partial charge >= 0.3 is 0 Å². The van der Waals surface area contributed by atoms with Crippen molar-refractivity contribution in [1.29, 1.82) is 0 Å². The summed E-state index contributed by atoms with van der Waals surface area (Å²) in [6.07, 6.45) is 0. The van der Waals surface area contributed by atoms with E-state index in [1.54, 1.807) is 0 Å². The van der Waals surface area contributed by atoms with Gasteiger partial charge in [-0.3, -0.25) is 9.69 Å². The van der Waals surface area contributed by atoms with E-state index in [9.17, 15) is 4.79 Å². The summed E-state index contributed by atoms with van der Waals surface area (Å²) in [7, 11) is 0. The van der Waals surface area contributed by atoms with Gasteiger partial charge < -0.3 is 9.32 Å². The van der Waals surface area contributed by atoms with E-state index in [1.807, 2.05) is 71.6 Å². The minimum absolute atomic E-state index is 0.0973. The molecule has 4 aromatic rings. The lowest BCUT2D eigenvalue weighted by molar-refractivity contribution is -0.144. The highest BCUT2D eigenvalue weighted by Crippen LogP contribution is 2.33. The van der Waals surface area contributed by atoms with Crippen molar-refractivity contribution in [2.75, 3.05) is 13.1 Å². The Morgan fingerprint density at radius 3 is 2.10 bits per heavy atom. The number of fused-ring (bicyclic) bond motifs is 1. The second-order valence-corrected chi connectivity index (χ2v) is 7.79. The van der Waals surface area contributed by atoms with E-state index in [0.717, 1.165) is 28.8 Å². The highest BCUT2D eigenvalue weighted by atomic mass is 16.3. The zero-order valence-electron chi connectivity index (χ0n) is 16.8. The molecular weight excluding hydrogens is 372 g/mol. The number of carbonyl (C=O) groups is 1. The zero-order valence-corrected chi connectivity index (χ0v) is 16.8. The number of piperazine rings is 1. The van der Waals surface area contributed by atoms with E-state index >= 15 is 0 Å². The molecule has 0 spiro atoms. The van der Waals surface area contributed by atoms with Crippen LogP contribution in [0.4, 0.5) is 0 Å². The number of amides is 1. The molecule has 0 aliphatic carbocycles. The number of benzene rings is 3. The van der Waals surface area contributed by atoms with E-state index in [0.29, 0.717) is 19.6 Å². The molecule has 0 radical (unpaired) electrons. The van der Waals surface area contributed by atoms with Gasteiger partial charge in [0.05, 0.1) is 0 Å². The Morgan fingerprint density at radius 2 is 1.40 bits per heavy atom. The summed E-state index contributed by atoms with van der Waals surface area (Å²) < 4.78 is 6.16. The molecule has 1 atom stereocenters. The molecule has 3 aromatic carbocycles. The molecule has 2 heterocycles. The summed E-state index contributed by atoms with van der Waals surface area (Å²) in [6, 6.07) is 30.0. The first-order valence-corrected chi connectivity index (χ1v) is 10.4. The zero-order chi connectivity index (χ0) is 20.3. The highest BCUT2D eigenvalue weighted by molar-refractivity contribution is 5.86. The molecule has 1 fully saturated rings. The fourth-order valence-corrected chi connectivity index (χ4v) is 4.21. The van der Waals surface area contributed by atoms with Crippen molar-refractivity contribution in [3.8, 4) is 0 Å². The number of rotatable bonds is 5. The maximum absolute atomic E-state index is 13.6. The number of furan rings is 1. The van der Waals surface area contributed by atoms with Crippen molar-refractivity contribution in [2.24, 2.45) is 0 Å². The lowest BCUT2D eigenvalue weighted by Crippen LogP contribution is -2.51. The van der Waals surface area contributed by atoms with Crippen LogP contribution < -0.4 is 0 Å². The van der Waals surface area contributed by atoms with Crippen LogP contribution in [0.25, 0.3) is 11.0 Å². The lowest BCUT2D eigenvalue weighted by Gasteiger charge is -2.39. The van der Waals surface area contributed by atoms with Gasteiger partial charge in [-0.15, -0.1) is 0 Å². The number of hydrogen-bond acceptors (Lipinski definition) is 3. The first-order valence-electron chi connectivity index (χ1n) is 10.4. The van der Waals surface area contributed by atoms with E-state index in [-0.39, 0.29) is 5.91 Å². The topological polar surface area (TPSA) is 36.7 Å². The number of carbonyl (C=O) groups excluding carboxylic acids is 1.